The van der Waals surface area contributed by atoms with E-state index in [1.807, 2.05) is 17.1 Å². The Bertz CT molecular complexity index is 403. The van der Waals surface area contributed by atoms with Crippen molar-refractivity contribution in [1.29, 1.82) is 0 Å². The van der Waals surface area contributed by atoms with E-state index in [0.29, 0.717) is 0 Å². The van der Waals surface area contributed by atoms with Crippen molar-refractivity contribution in [3.05, 3.63) is 18.2 Å². The van der Waals surface area contributed by atoms with Crippen LogP contribution in [-0.4, -0.2) is 10.4 Å². The van der Waals surface area contributed by atoms with E-state index >= 15 is 0 Å². The minimum absolute atomic E-state index is 0.000694. The van der Waals surface area contributed by atoms with Crippen LogP contribution in [0.5, 0.6) is 0 Å². The van der Waals surface area contributed by atoms with Gasteiger partial charge in [0.25, 0.3) is 0 Å². The Labute approximate surface area is 98.1 Å². The van der Waals surface area contributed by atoms with Gasteiger partial charge in [0.2, 0.25) is 17.8 Å². The summed E-state index contributed by atoms with van der Waals surface area (Å²) in [6, 6.07) is 0. The van der Waals surface area contributed by atoms with Crippen molar-refractivity contribution in [2.24, 2.45) is 0 Å². The monoisotopic (exact) mass is 223 g/mol. The molecule has 0 aliphatic heterocycles. The molecule has 1 aromatic rings. The Morgan fingerprint density at radius 3 is 1.94 bits per heavy atom. The smallest absolute Gasteiger partial charge is 0.245 e. The summed E-state index contributed by atoms with van der Waals surface area (Å²) in [7, 11) is 0. The van der Waals surface area contributed by atoms with E-state index in [9.17, 15) is 4.79 Å². The normalized spacial score (nSPS) is 12.9. The number of hydrogen-bond donors (Lipinski definition) is 0. The number of aromatic nitrogens is 2. The zero-order chi connectivity index (χ0) is 12.7. The summed E-state index contributed by atoms with van der Waals surface area (Å²) in [6.45, 7) is 14.3. The maximum absolute atomic E-state index is 11.6. The van der Waals surface area contributed by atoms with E-state index in [4.69, 9.17) is 0 Å². The number of imidazole rings is 1. The molecule has 3 heteroatoms. The highest BCUT2D eigenvalue weighted by atomic mass is 16.1. The Balaban J connectivity index is 3.38. The SMILES string of the molecule is CC(=O)c1c[n+](C(C)(C)C)cn1C(C)(C)C. The highest BCUT2D eigenvalue weighted by molar-refractivity contribution is 5.92. The molecule has 3 nitrogen and oxygen atoms in total. The third-order valence-corrected chi connectivity index (χ3v) is 2.62. The van der Waals surface area contributed by atoms with Crippen LogP contribution in [0.4, 0.5) is 0 Å². The molecule has 0 radical (unpaired) electrons. The van der Waals surface area contributed by atoms with Gasteiger partial charge in [-0.25, -0.2) is 9.13 Å². The molecule has 1 rings (SSSR count). The highest BCUT2D eigenvalue weighted by Crippen LogP contribution is 2.17. The second kappa shape index (κ2) is 3.72. The van der Waals surface area contributed by atoms with Gasteiger partial charge in [0, 0.05) is 6.92 Å². The number of hydrogen-bond acceptors (Lipinski definition) is 1. The van der Waals surface area contributed by atoms with Gasteiger partial charge in [-0.3, -0.25) is 4.79 Å². The highest BCUT2D eigenvalue weighted by Gasteiger charge is 2.30. The van der Waals surface area contributed by atoms with Gasteiger partial charge < -0.3 is 0 Å². The fraction of sp³-hybridized carbons (Fsp3) is 0.692. The van der Waals surface area contributed by atoms with E-state index in [2.05, 4.69) is 46.1 Å². The van der Waals surface area contributed by atoms with Crippen LogP contribution in [0.15, 0.2) is 12.5 Å². The molecule has 1 aromatic heterocycles. The van der Waals surface area contributed by atoms with Crippen LogP contribution in [0.1, 0.15) is 59.0 Å². The van der Waals surface area contributed by atoms with Gasteiger partial charge in [0.15, 0.2) is 0 Å². The lowest BCUT2D eigenvalue weighted by Crippen LogP contribution is -2.48. The van der Waals surface area contributed by atoms with E-state index in [-0.39, 0.29) is 16.9 Å². The molecule has 0 amide bonds. The summed E-state index contributed by atoms with van der Waals surface area (Å²) >= 11 is 0. The van der Waals surface area contributed by atoms with Crippen LogP contribution < -0.4 is 4.57 Å². The second-order valence-electron chi connectivity index (χ2n) is 6.30. The molecule has 0 N–H and O–H groups in total. The molecule has 0 saturated carbocycles. The van der Waals surface area contributed by atoms with Gasteiger partial charge in [-0.1, -0.05) is 0 Å². The summed E-state index contributed by atoms with van der Waals surface area (Å²) in [6.07, 6.45) is 3.96. The largest absolute Gasteiger partial charge is 0.290 e. The molecule has 0 aromatic carbocycles. The van der Waals surface area contributed by atoms with Crippen LogP contribution in [0, 0.1) is 0 Å². The zero-order valence-corrected chi connectivity index (χ0v) is 11.5. The molecule has 0 saturated heterocycles. The topological polar surface area (TPSA) is 25.9 Å². The molecule has 0 bridgehead atoms. The zero-order valence-electron chi connectivity index (χ0n) is 11.5. The summed E-state index contributed by atoms with van der Waals surface area (Å²) in [5, 5.41) is 0. The second-order valence-corrected chi connectivity index (χ2v) is 6.30. The molecule has 0 aliphatic carbocycles. The Kier molecular flexibility index (Phi) is 3.01. The van der Waals surface area contributed by atoms with Crippen LogP contribution in [-0.2, 0) is 11.1 Å². The van der Waals surface area contributed by atoms with Gasteiger partial charge in [-0.15, -0.1) is 0 Å². The van der Waals surface area contributed by atoms with E-state index in [0.717, 1.165) is 5.69 Å². The summed E-state index contributed by atoms with van der Waals surface area (Å²) in [5.74, 6) is 0.109. The van der Waals surface area contributed by atoms with Crippen LogP contribution in [0.3, 0.4) is 0 Å². The average molecular weight is 223 g/mol. The lowest BCUT2D eigenvalue weighted by molar-refractivity contribution is -0.753. The molecule has 0 spiro atoms. The number of rotatable bonds is 1. The standard InChI is InChI=1S/C13H23N2O/c1-10(16)11-8-14(12(2,3)4)9-15(11)13(5,6)7/h8-9H,1-7H3/q+1. The Morgan fingerprint density at radius 2 is 1.69 bits per heavy atom. The minimum atomic E-state index is -0.0719. The first-order valence-corrected chi connectivity index (χ1v) is 5.69. The van der Waals surface area contributed by atoms with Gasteiger partial charge in [-0.2, -0.15) is 0 Å². The van der Waals surface area contributed by atoms with Gasteiger partial charge in [-0.05, 0) is 41.5 Å². The van der Waals surface area contributed by atoms with Gasteiger partial charge in [0.1, 0.15) is 17.3 Å². The van der Waals surface area contributed by atoms with Crippen molar-refractivity contribution >= 4 is 5.78 Å². The number of ketones is 1. The minimum Gasteiger partial charge on any atom is -0.290 e. The maximum Gasteiger partial charge on any atom is 0.245 e. The van der Waals surface area contributed by atoms with Crippen LogP contribution >= 0.6 is 0 Å². The third-order valence-electron chi connectivity index (χ3n) is 2.62. The summed E-state index contributed by atoms with van der Waals surface area (Å²) in [5.41, 5.74) is 0.695. The van der Waals surface area contributed by atoms with Gasteiger partial charge >= 0.3 is 0 Å². The van der Waals surface area contributed by atoms with Crippen molar-refractivity contribution in [2.75, 3.05) is 0 Å². The predicted molar refractivity (Wildman–Crippen MR) is 64.6 cm³/mol. The summed E-state index contributed by atoms with van der Waals surface area (Å²) < 4.78 is 4.13. The fourth-order valence-corrected chi connectivity index (χ4v) is 1.58. The summed E-state index contributed by atoms with van der Waals surface area (Å²) in [4.78, 5) is 11.6. The molecule has 0 aliphatic rings. The fourth-order valence-electron chi connectivity index (χ4n) is 1.58. The lowest BCUT2D eigenvalue weighted by atomic mass is 10.1. The number of nitrogens with zero attached hydrogens (tertiary/aromatic N) is 2. The van der Waals surface area contributed by atoms with Crippen molar-refractivity contribution in [2.45, 2.75) is 59.5 Å². The maximum atomic E-state index is 11.6. The lowest BCUT2D eigenvalue weighted by Gasteiger charge is -2.17. The number of carbonyl (C=O) groups is 1. The van der Waals surface area contributed by atoms with E-state index in [1.165, 1.54) is 0 Å². The Hall–Kier alpha value is -1.12. The molecule has 16 heavy (non-hydrogen) atoms. The average Bonchev–Trinajstić information content (AvgIpc) is 2.44. The van der Waals surface area contributed by atoms with Crippen LogP contribution in [0.25, 0.3) is 0 Å². The molecule has 0 atom stereocenters. The molecule has 0 fully saturated rings. The van der Waals surface area contributed by atoms with Gasteiger partial charge in [0.05, 0.1) is 0 Å². The molecular formula is C13H23N2O+. The molecular weight excluding hydrogens is 200 g/mol. The van der Waals surface area contributed by atoms with Crippen LogP contribution in [0.2, 0.25) is 0 Å². The third kappa shape index (κ3) is 2.52. The molecule has 1 heterocycles. The Morgan fingerprint density at radius 1 is 1.19 bits per heavy atom. The first kappa shape index (κ1) is 12.9. The van der Waals surface area contributed by atoms with E-state index in [1.54, 1.807) is 6.92 Å². The number of Topliss-reactive ketones (excluding diaryl/α,β-unsaturated/α-hetero) is 1. The molecule has 90 valence electrons. The number of carbonyl (C=O) groups excluding carboxylic acids is 1. The van der Waals surface area contributed by atoms with Crippen molar-refractivity contribution < 1.29 is 9.36 Å². The first-order chi connectivity index (χ1) is 7.03. The van der Waals surface area contributed by atoms with Crippen molar-refractivity contribution in [3.63, 3.8) is 0 Å². The quantitative estimate of drug-likeness (QED) is 0.530. The van der Waals surface area contributed by atoms with Crippen molar-refractivity contribution in [3.8, 4) is 0 Å². The van der Waals surface area contributed by atoms with E-state index < -0.39 is 0 Å². The first-order valence-electron chi connectivity index (χ1n) is 5.69. The predicted octanol–water partition coefficient (Wildman–Crippen LogP) is 2.49. The van der Waals surface area contributed by atoms with Crippen molar-refractivity contribution in [1.82, 2.24) is 4.57 Å². The molecule has 0 unspecified atom stereocenters.